The van der Waals surface area contributed by atoms with Gasteiger partial charge in [0.1, 0.15) is 0 Å². The summed E-state index contributed by atoms with van der Waals surface area (Å²) in [6.07, 6.45) is 9.63. The lowest BCUT2D eigenvalue weighted by molar-refractivity contribution is 0.192. The molecular formula is C15H30O2S. The maximum Gasteiger partial charge on any atom is 0.153 e. The number of hydrogen-bond acceptors (Lipinski definition) is 2. The molecule has 1 fully saturated rings. The Bertz CT molecular complexity index is 326. The topological polar surface area (TPSA) is 34.1 Å². The molecule has 108 valence electrons. The fraction of sp³-hybridized carbons (Fsp3) is 1.00. The Labute approximate surface area is 113 Å². The lowest BCUT2D eigenvalue weighted by Crippen LogP contribution is -2.38. The highest BCUT2D eigenvalue weighted by molar-refractivity contribution is 7.92. The molecule has 1 saturated heterocycles. The van der Waals surface area contributed by atoms with Crippen LogP contribution in [0.4, 0.5) is 0 Å². The minimum absolute atomic E-state index is 0.0450. The minimum Gasteiger partial charge on any atom is -0.229 e. The maximum absolute atomic E-state index is 12.3. The molecular weight excluding hydrogens is 244 g/mol. The van der Waals surface area contributed by atoms with Crippen molar-refractivity contribution >= 4 is 9.84 Å². The SMILES string of the molecule is CCCCC(CCC)(CCC)C1CCCS1(=O)=O. The molecule has 18 heavy (non-hydrogen) atoms. The van der Waals surface area contributed by atoms with E-state index in [1.165, 1.54) is 12.8 Å². The number of rotatable bonds is 8. The van der Waals surface area contributed by atoms with Crippen molar-refractivity contribution in [3.05, 3.63) is 0 Å². The van der Waals surface area contributed by atoms with E-state index in [0.29, 0.717) is 5.75 Å². The van der Waals surface area contributed by atoms with E-state index in [1.807, 2.05) is 0 Å². The molecule has 0 bridgehead atoms. The van der Waals surface area contributed by atoms with Crippen LogP contribution in [-0.4, -0.2) is 19.4 Å². The van der Waals surface area contributed by atoms with Crippen LogP contribution >= 0.6 is 0 Å². The predicted octanol–water partition coefficient (Wildman–Crippen LogP) is 4.34. The van der Waals surface area contributed by atoms with Crippen molar-refractivity contribution in [1.29, 1.82) is 0 Å². The van der Waals surface area contributed by atoms with Crippen LogP contribution in [0.2, 0.25) is 0 Å². The van der Waals surface area contributed by atoms with Gasteiger partial charge in [0.15, 0.2) is 9.84 Å². The van der Waals surface area contributed by atoms with Crippen LogP contribution in [0.3, 0.4) is 0 Å². The van der Waals surface area contributed by atoms with E-state index in [2.05, 4.69) is 20.8 Å². The van der Waals surface area contributed by atoms with E-state index in [1.54, 1.807) is 0 Å². The average molecular weight is 274 g/mol. The number of unbranched alkanes of at least 4 members (excludes halogenated alkanes) is 1. The van der Waals surface area contributed by atoms with Crippen molar-refractivity contribution in [1.82, 2.24) is 0 Å². The van der Waals surface area contributed by atoms with Gasteiger partial charge in [-0.25, -0.2) is 8.42 Å². The van der Waals surface area contributed by atoms with Crippen LogP contribution in [0, 0.1) is 5.41 Å². The van der Waals surface area contributed by atoms with Crippen molar-refractivity contribution in [3.63, 3.8) is 0 Å². The fourth-order valence-electron chi connectivity index (χ4n) is 3.86. The molecule has 1 aliphatic rings. The van der Waals surface area contributed by atoms with Crippen molar-refractivity contribution in [2.24, 2.45) is 5.41 Å². The normalized spacial score (nSPS) is 23.4. The highest BCUT2D eigenvalue weighted by Gasteiger charge is 2.46. The van der Waals surface area contributed by atoms with Gasteiger partial charge in [0.2, 0.25) is 0 Å². The molecule has 1 unspecified atom stereocenters. The Morgan fingerprint density at radius 1 is 1.00 bits per heavy atom. The van der Waals surface area contributed by atoms with Crippen LogP contribution in [0.25, 0.3) is 0 Å². The second-order valence-corrected chi connectivity index (χ2v) is 8.27. The zero-order valence-electron chi connectivity index (χ0n) is 12.4. The molecule has 0 aliphatic carbocycles. The molecule has 0 amide bonds. The summed E-state index contributed by atoms with van der Waals surface area (Å²) in [5.41, 5.74) is 0.0782. The summed E-state index contributed by atoms with van der Waals surface area (Å²) in [6.45, 7) is 6.58. The molecule has 1 aliphatic heterocycles. The lowest BCUT2D eigenvalue weighted by Gasteiger charge is -2.39. The second kappa shape index (κ2) is 6.93. The molecule has 0 radical (unpaired) electrons. The van der Waals surface area contributed by atoms with Gasteiger partial charge in [-0.05, 0) is 37.5 Å². The van der Waals surface area contributed by atoms with E-state index >= 15 is 0 Å². The first-order valence-corrected chi connectivity index (χ1v) is 9.45. The van der Waals surface area contributed by atoms with Crippen molar-refractivity contribution in [2.45, 2.75) is 83.8 Å². The van der Waals surface area contributed by atoms with Crippen LogP contribution < -0.4 is 0 Å². The van der Waals surface area contributed by atoms with Gasteiger partial charge in [0, 0.05) is 0 Å². The molecule has 0 aromatic rings. The zero-order chi connectivity index (χ0) is 13.6. The molecule has 1 rings (SSSR count). The summed E-state index contributed by atoms with van der Waals surface area (Å²) in [6, 6.07) is 0. The molecule has 0 aromatic carbocycles. The van der Waals surface area contributed by atoms with Gasteiger partial charge in [0.25, 0.3) is 0 Å². The standard InChI is InChI=1S/C15H30O2S/c1-4-7-12-15(10-5-2,11-6-3)14-9-8-13-18(14,16)17/h14H,4-13H2,1-3H3. The van der Waals surface area contributed by atoms with Crippen molar-refractivity contribution < 1.29 is 8.42 Å². The van der Waals surface area contributed by atoms with Gasteiger partial charge in [0.05, 0.1) is 11.0 Å². The van der Waals surface area contributed by atoms with E-state index < -0.39 is 9.84 Å². The van der Waals surface area contributed by atoms with Gasteiger partial charge in [-0.2, -0.15) is 0 Å². The third-order valence-electron chi connectivity index (χ3n) is 4.54. The largest absolute Gasteiger partial charge is 0.229 e. The van der Waals surface area contributed by atoms with Crippen LogP contribution in [0.5, 0.6) is 0 Å². The van der Waals surface area contributed by atoms with Gasteiger partial charge in [-0.1, -0.05) is 46.5 Å². The van der Waals surface area contributed by atoms with Crippen LogP contribution in [-0.2, 0) is 9.84 Å². The van der Waals surface area contributed by atoms with Crippen LogP contribution in [0.1, 0.15) is 78.6 Å². The van der Waals surface area contributed by atoms with Gasteiger partial charge < -0.3 is 0 Å². The van der Waals surface area contributed by atoms with E-state index in [9.17, 15) is 8.42 Å². The molecule has 0 aromatic heterocycles. The summed E-state index contributed by atoms with van der Waals surface area (Å²) in [4.78, 5) is 0. The smallest absolute Gasteiger partial charge is 0.153 e. The lowest BCUT2D eigenvalue weighted by atomic mass is 9.71. The first-order chi connectivity index (χ1) is 8.52. The monoisotopic (exact) mass is 274 g/mol. The molecule has 0 saturated carbocycles. The van der Waals surface area contributed by atoms with Gasteiger partial charge in [-0.3, -0.25) is 0 Å². The molecule has 2 nitrogen and oxygen atoms in total. The zero-order valence-corrected chi connectivity index (χ0v) is 13.2. The summed E-state index contributed by atoms with van der Waals surface area (Å²) in [7, 11) is -2.82. The van der Waals surface area contributed by atoms with Crippen molar-refractivity contribution in [3.8, 4) is 0 Å². The Morgan fingerprint density at radius 2 is 1.61 bits per heavy atom. The first-order valence-electron chi connectivity index (χ1n) is 7.74. The highest BCUT2D eigenvalue weighted by Crippen LogP contribution is 2.46. The maximum atomic E-state index is 12.3. The Kier molecular flexibility index (Phi) is 6.16. The molecule has 1 heterocycles. The van der Waals surface area contributed by atoms with Crippen molar-refractivity contribution in [2.75, 3.05) is 5.75 Å². The predicted molar refractivity (Wildman–Crippen MR) is 78.6 cm³/mol. The Hall–Kier alpha value is -0.0500. The summed E-state index contributed by atoms with van der Waals surface area (Å²) >= 11 is 0. The van der Waals surface area contributed by atoms with Crippen LogP contribution in [0.15, 0.2) is 0 Å². The molecule has 0 spiro atoms. The molecule has 3 heteroatoms. The van der Waals surface area contributed by atoms with E-state index in [-0.39, 0.29) is 10.7 Å². The number of hydrogen-bond donors (Lipinski definition) is 0. The molecule has 1 atom stereocenters. The summed E-state index contributed by atoms with van der Waals surface area (Å²) < 4.78 is 24.6. The average Bonchev–Trinajstić information content (AvgIpc) is 2.67. The Balaban J connectivity index is 2.99. The minimum atomic E-state index is -2.82. The molecule has 0 N–H and O–H groups in total. The van der Waals surface area contributed by atoms with E-state index in [4.69, 9.17) is 0 Å². The quantitative estimate of drug-likeness (QED) is 0.660. The summed E-state index contributed by atoms with van der Waals surface area (Å²) in [5, 5.41) is -0.0450. The van der Waals surface area contributed by atoms with Gasteiger partial charge in [-0.15, -0.1) is 0 Å². The summed E-state index contributed by atoms with van der Waals surface area (Å²) in [5.74, 6) is 0.430. The highest BCUT2D eigenvalue weighted by atomic mass is 32.2. The third-order valence-corrected chi connectivity index (χ3v) is 7.00. The third kappa shape index (κ3) is 3.49. The first kappa shape index (κ1) is 16.0. The second-order valence-electron chi connectivity index (χ2n) is 5.96. The van der Waals surface area contributed by atoms with E-state index in [0.717, 1.165) is 44.9 Å². The Morgan fingerprint density at radius 3 is 2.00 bits per heavy atom. The fourth-order valence-corrected chi connectivity index (χ4v) is 6.36. The van der Waals surface area contributed by atoms with Gasteiger partial charge >= 0.3 is 0 Å². The number of sulfone groups is 1.